The van der Waals surface area contributed by atoms with Gasteiger partial charge in [0.25, 0.3) is 0 Å². The van der Waals surface area contributed by atoms with Gasteiger partial charge in [0.15, 0.2) is 0 Å². The standard InChI is InChI=1S/C7H17FNO/c1-5-10-7(8)6-9(2,3)4/h7H,5-6H2,1-4H3/q+1. The SMILES string of the molecule is CCOC(F)C[N+](C)(C)C. The molecule has 0 N–H and O–H groups in total. The molecule has 0 aromatic heterocycles. The first-order valence-electron chi connectivity index (χ1n) is 3.52. The Morgan fingerprint density at radius 3 is 2.20 bits per heavy atom. The Morgan fingerprint density at radius 2 is 1.90 bits per heavy atom. The number of hydrogen-bond donors (Lipinski definition) is 0. The molecule has 62 valence electrons. The lowest BCUT2D eigenvalue weighted by Crippen LogP contribution is -2.40. The Morgan fingerprint density at radius 1 is 1.40 bits per heavy atom. The molecule has 2 nitrogen and oxygen atoms in total. The first-order chi connectivity index (χ1) is 4.45. The van der Waals surface area contributed by atoms with Crippen LogP contribution in [0.15, 0.2) is 0 Å². The topological polar surface area (TPSA) is 9.23 Å². The highest BCUT2D eigenvalue weighted by molar-refractivity contribution is 4.35. The molecule has 0 aromatic carbocycles. The number of quaternary nitrogens is 1. The molecule has 0 saturated carbocycles. The smallest absolute Gasteiger partial charge is 0.248 e. The quantitative estimate of drug-likeness (QED) is 0.544. The zero-order valence-electron chi connectivity index (χ0n) is 7.22. The molecule has 3 heteroatoms. The second-order valence-corrected chi connectivity index (χ2v) is 3.34. The van der Waals surface area contributed by atoms with Gasteiger partial charge in [0, 0.05) is 6.61 Å². The Bertz CT molecular complexity index is 90.1. The molecular formula is C7H17FNO+. The number of alkyl halides is 1. The lowest BCUT2D eigenvalue weighted by molar-refractivity contribution is -0.875. The third-order valence-electron chi connectivity index (χ3n) is 1.04. The summed E-state index contributed by atoms with van der Waals surface area (Å²) in [5.41, 5.74) is 0. The van der Waals surface area contributed by atoms with Crippen molar-refractivity contribution >= 4 is 0 Å². The van der Waals surface area contributed by atoms with Crippen LogP contribution in [-0.2, 0) is 4.74 Å². The second-order valence-electron chi connectivity index (χ2n) is 3.34. The molecule has 0 spiro atoms. The van der Waals surface area contributed by atoms with E-state index in [0.717, 1.165) is 0 Å². The number of hydrogen-bond acceptors (Lipinski definition) is 1. The highest BCUT2D eigenvalue weighted by Gasteiger charge is 2.16. The van der Waals surface area contributed by atoms with E-state index in [2.05, 4.69) is 0 Å². The van der Waals surface area contributed by atoms with E-state index in [-0.39, 0.29) is 0 Å². The number of nitrogens with zero attached hydrogens (tertiary/aromatic N) is 1. The summed E-state index contributed by atoms with van der Waals surface area (Å²) in [7, 11) is 5.81. The maximum absolute atomic E-state index is 12.7. The summed E-state index contributed by atoms with van der Waals surface area (Å²) >= 11 is 0. The lowest BCUT2D eigenvalue weighted by Gasteiger charge is -2.25. The van der Waals surface area contributed by atoms with Crippen LogP contribution in [0.3, 0.4) is 0 Å². The van der Waals surface area contributed by atoms with Crippen LogP contribution in [0.25, 0.3) is 0 Å². The number of halogens is 1. The van der Waals surface area contributed by atoms with E-state index >= 15 is 0 Å². The minimum absolute atomic E-state index is 0.411. The minimum atomic E-state index is -1.12. The average molecular weight is 150 g/mol. The Labute approximate surface area is 62.2 Å². The van der Waals surface area contributed by atoms with Gasteiger partial charge in [-0.25, -0.2) is 4.39 Å². The molecule has 0 bridgehead atoms. The van der Waals surface area contributed by atoms with Crippen LogP contribution in [0.5, 0.6) is 0 Å². The fraction of sp³-hybridized carbons (Fsp3) is 1.00. The average Bonchev–Trinajstić information content (AvgIpc) is 1.59. The summed E-state index contributed by atoms with van der Waals surface area (Å²) in [5.74, 6) is 0. The van der Waals surface area contributed by atoms with E-state index in [1.54, 1.807) is 6.92 Å². The summed E-state index contributed by atoms with van der Waals surface area (Å²) in [5, 5.41) is 0. The van der Waals surface area contributed by atoms with Crippen molar-refractivity contribution in [3.63, 3.8) is 0 Å². The summed E-state index contributed by atoms with van der Waals surface area (Å²) in [6, 6.07) is 0. The van der Waals surface area contributed by atoms with Gasteiger partial charge in [-0.3, -0.25) is 0 Å². The van der Waals surface area contributed by atoms with E-state index in [9.17, 15) is 4.39 Å². The maximum atomic E-state index is 12.7. The number of ether oxygens (including phenoxy) is 1. The van der Waals surface area contributed by atoms with Crippen molar-refractivity contribution < 1.29 is 13.6 Å². The van der Waals surface area contributed by atoms with Gasteiger partial charge in [-0.1, -0.05) is 0 Å². The van der Waals surface area contributed by atoms with E-state index in [4.69, 9.17) is 4.74 Å². The minimum Gasteiger partial charge on any atom is -0.344 e. The van der Waals surface area contributed by atoms with Gasteiger partial charge in [0.05, 0.1) is 21.1 Å². The van der Waals surface area contributed by atoms with Crippen molar-refractivity contribution in [3.05, 3.63) is 0 Å². The molecule has 1 unspecified atom stereocenters. The monoisotopic (exact) mass is 150 g/mol. The molecule has 0 saturated heterocycles. The molecule has 0 heterocycles. The van der Waals surface area contributed by atoms with Gasteiger partial charge in [0.2, 0.25) is 6.36 Å². The van der Waals surface area contributed by atoms with Crippen LogP contribution >= 0.6 is 0 Å². The van der Waals surface area contributed by atoms with Crippen LogP contribution in [0.2, 0.25) is 0 Å². The first kappa shape index (κ1) is 9.85. The molecule has 10 heavy (non-hydrogen) atoms. The van der Waals surface area contributed by atoms with Gasteiger partial charge >= 0.3 is 0 Å². The predicted molar refractivity (Wildman–Crippen MR) is 39.4 cm³/mol. The molecule has 0 radical (unpaired) electrons. The van der Waals surface area contributed by atoms with E-state index in [1.165, 1.54) is 0 Å². The van der Waals surface area contributed by atoms with Crippen molar-refractivity contribution in [2.75, 3.05) is 34.3 Å². The van der Waals surface area contributed by atoms with Crippen molar-refractivity contribution in [1.82, 2.24) is 0 Å². The summed E-state index contributed by atoms with van der Waals surface area (Å²) in [6.07, 6.45) is -1.12. The molecule has 0 aliphatic rings. The van der Waals surface area contributed by atoms with Crippen molar-refractivity contribution in [2.45, 2.75) is 13.3 Å². The third-order valence-corrected chi connectivity index (χ3v) is 1.04. The van der Waals surface area contributed by atoms with Crippen molar-refractivity contribution in [2.24, 2.45) is 0 Å². The van der Waals surface area contributed by atoms with E-state index < -0.39 is 6.36 Å². The highest BCUT2D eigenvalue weighted by atomic mass is 19.1. The van der Waals surface area contributed by atoms with E-state index in [0.29, 0.717) is 17.6 Å². The molecule has 0 rings (SSSR count). The van der Waals surface area contributed by atoms with Crippen LogP contribution in [0.4, 0.5) is 4.39 Å². The van der Waals surface area contributed by atoms with Crippen LogP contribution in [0.1, 0.15) is 6.92 Å². The highest BCUT2D eigenvalue weighted by Crippen LogP contribution is 1.99. The lowest BCUT2D eigenvalue weighted by atomic mass is 10.5. The van der Waals surface area contributed by atoms with Gasteiger partial charge in [-0.2, -0.15) is 0 Å². The molecule has 0 fully saturated rings. The zero-order chi connectivity index (χ0) is 8.20. The molecular weight excluding hydrogens is 133 g/mol. The fourth-order valence-electron chi connectivity index (χ4n) is 0.664. The zero-order valence-corrected chi connectivity index (χ0v) is 7.22. The van der Waals surface area contributed by atoms with Gasteiger partial charge < -0.3 is 9.22 Å². The van der Waals surface area contributed by atoms with Crippen LogP contribution in [0, 0.1) is 0 Å². The largest absolute Gasteiger partial charge is 0.344 e. The summed E-state index contributed by atoms with van der Waals surface area (Å²) in [6.45, 7) is 2.65. The Kier molecular flexibility index (Phi) is 3.83. The number of rotatable bonds is 4. The normalized spacial score (nSPS) is 15.3. The maximum Gasteiger partial charge on any atom is 0.248 e. The Balaban J connectivity index is 3.47. The molecule has 0 aromatic rings. The van der Waals surface area contributed by atoms with Gasteiger partial charge in [-0.05, 0) is 6.92 Å². The molecule has 0 amide bonds. The Hall–Kier alpha value is -0.150. The summed E-state index contributed by atoms with van der Waals surface area (Å²) in [4.78, 5) is 0. The van der Waals surface area contributed by atoms with Gasteiger partial charge in [0.1, 0.15) is 6.54 Å². The fourth-order valence-corrected chi connectivity index (χ4v) is 0.664. The third kappa shape index (κ3) is 5.98. The summed E-state index contributed by atoms with van der Waals surface area (Å²) < 4.78 is 18.0. The first-order valence-corrected chi connectivity index (χ1v) is 3.52. The van der Waals surface area contributed by atoms with E-state index in [1.807, 2.05) is 21.1 Å². The van der Waals surface area contributed by atoms with Crippen LogP contribution < -0.4 is 0 Å². The predicted octanol–water partition coefficient (Wildman–Crippen LogP) is 1.02. The van der Waals surface area contributed by atoms with Crippen LogP contribution in [-0.4, -0.2) is 45.1 Å². The van der Waals surface area contributed by atoms with Gasteiger partial charge in [-0.15, -0.1) is 0 Å². The number of likely N-dealkylation sites (N-methyl/N-ethyl adjacent to an activating group) is 1. The molecule has 1 atom stereocenters. The van der Waals surface area contributed by atoms with Crippen molar-refractivity contribution in [3.8, 4) is 0 Å². The second kappa shape index (κ2) is 3.88. The molecule has 0 aliphatic heterocycles. The van der Waals surface area contributed by atoms with Crippen molar-refractivity contribution in [1.29, 1.82) is 0 Å². The molecule has 0 aliphatic carbocycles.